The Morgan fingerprint density at radius 2 is 1.74 bits per heavy atom. The summed E-state index contributed by atoms with van der Waals surface area (Å²) >= 11 is 0. The fourth-order valence-electron chi connectivity index (χ4n) is 2.43. The van der Waals surface area contributed by atoms with Gasteiger partial charge in [-0.1, -0.05) is 42.5 Å². The fourth-order valence-corrected chi connectivity index (χ4v) is 2.43. The van der Waals surface area contributed by atoms with Crippen molar-refractivity contribution in [2.24, 2.45) is 0 Å². The zero-order valence-electron chi connectivity index (χ0n) is 11.7. The van der Waals surface area contributed by atoms with Gasteiger partial charge in [0.1, 0.15) is 0 Å². The predicted molar refractivity (Wildman–Crippen MR) is 80.0 cm³/mol. The molecule has 1 aromatic rings. The SMILES string of the molecule is C[C@@H](O)CN1CCN(C/C=C\c2ccccc2)CC1. The van der Waals surface area contributed by atoms with E-state index in [-0.39, 0.29) is 6.10 Å². The molecule has 0 aliphatic carbocycles. The van der Waals surface area contributed by atoms with Crippen LogP contribution in [0.1, 0.15) is 12.5 Å². The quantitative estimate of drug-likeness (QED) is 0.873. The Kier molecular flexibility index (Phi) is 5.58. The normalized spacial score (nSPS) is 19.9. The number of aliphatic hydroxyl groups excluding tert-OH is 1. The van der Waals surface area contributed by atoms with Crippen molar-refractivity contribution in [3.8, 4) is 0 Å². The molecule has 1 aliphatic rings. The van der Waals surface area contributed by atoms with Crippen LogP contribution in [0.2, 0.25) is 0 Å². The molecule has 0 radical (unpaired) electrons. The van der Waals surface area contributed by atoms with Crippen LogP contribution in [0.3, 0.4) is 0 Å². The van der Waals surface area contributed by atoms with Crippen LogP contribution in [-0.4, -0.2) is 60.3 Å². The van der Waals surface area contributed by atoms with Crippen LogP contribution in [0, 0.1) is 0 Å². The number of benzene rings is 1. The van der Waals surface area contributed by atoms with Gasteiger partial charge in [-0.2, -0.15) is 0 Å². The maximum atomic E-state index is 9.37. The van der Waals surface area contributed by atoms with Gasteiger partial charge < -0.3 is 5.11 Å². The second-order valence-corrected chi connectivity index (χ2v) is 5.26. The highest BCUT2D eigenvalue weighted by Gasteiger charge is 2.16. The van der Waals surface area contributed by atoms with Crippen LogP contribution in [-0.2, 0) is 0 Å². The van der Waals surface area contributed by atoms with E-state index in [0.717, 1.165) is 39.3 Å². The van der Waals surface area contributed by atoms with E-state index in [9.17, 15) is 5.11 Å². The number of rotatable bonds is 5. The average Bonchev–Trinajstić information content (AvgIpc) is 2.41. The van der Waals surface area contributed by atoms with Crippen LogP contribution in [0.4, 0.5) is 0 Å². The number of aliphatic hydroxyl groups is 1. The van der Waals surface area contributed by atoms with Gasteiger partial charge in [0, 0.05) is 39.3 Å². The van der Waals surface area contributed by atoms with Gasteiger partial charge in [-0.25, -0.2) is 0 Å². The van der Waals surface area contributed by atoms with Crippen molar-refractivity contribution in [1.29, 1.82) is 0 Å². The summed E-state index contributed by atoms with van der Waals surface area (Å²) in [6.45, 7) is 7.96. The first-order valence-corrected chi connectivity index (χ1v) is 7.08. The standard InChI is InChI=1S/C16H24N2O/c1-15(19)14-18-12-10-17(11-13-18)9-5-8-16-6-3-2-4-7-16/h2-8,15,19H,9-14H2,1H3/b8-5-/t15-/m1/s1. The maximum Gasteiger partial charge on any atom is 0.0639 e. The van der Waals surface area contributed by atoms with Crippen molar-refractivity contribution < 1.29 is 5.11 Å². The molecule has 0 bridgehead atoms. The first-order valence-electron chi connectivity index (χ1n) is 7.08. The monoisotopic (exact) mass is 260 g/mol. The second kappa shape index (κ2) is 7.43. The minimum absolute atomic E-state index is 0.218. The van der Waals surface area contributed by atoms with E-state index in [1.54, 1.807) is 0 Å². The third kappa shape index (κ3) is 5.15. The Bertz CT molecular complexity index is 381. The Morgan fingerprint density at radius 3 is 2.37 bits per heavy atom. The number of β-amino-alcohol motifs (C(OH)–C–C–N with tert-alkyl or cyclic N) is 1. The molecule has 2 rings (SSSR count). The average molecular weight is 260 g/mol. The van der Waals surface area contributed by atoms with E-state index in [1.165, 1.54) is 5.56 Å². The number of piperazine rings is 1. The summed E-state index contributed by atoms with van der Waals surface area (Å²) in [7, 11) is 0. The molecule has 1 heterocycles. The van der Waals surface area contributed by atoms with Gasteiger partial charge in [-0.3, -0.25) is 9.80 Å². The first kappa shape index (κ1) is 14.3. The van der Waals surface area contributed by atoms with E-state index in [4.69, 9.17) is 0 Å². The Morgan fingerprint density at radius 1 is 1.11 bits per heavy atom. The number of nitrogens with zero attached hydrogens (tertiary/aromatic N) is 2. The van der Waals surface area contributed by atoms with Gasteiger partial charge in [-0.05, 0) is 12.5 Å². The van der Waals surface area contributed by atoms with Crippen molar-refractivity contribution in [3.63, 3.8) is 0 Å². The summed E-state index contributed by atoms with van der Waals surface area (Å²) in [5.41, 5.74) is 1.26. The molecule has 1 aromatic carbocycles. The molecule has 1 fully saturated rings. The summed E-state index contributed by atoms with van der Waals surface area (Å²) in [6, 6.07) is 10.4. The lowest BCUT2D eigenvalue weighted by Gasteiger charge is -2.34. The van der Waals surface area contributed by atoms with Crippen molar-refractivity contribution >= 4 is 6.08 Å². The van der Waals surface area contributed by atoms with Gasteiger partial charge in [0.2, 0.25) is 0 Å². The van der Waals surface area contributed by atoms with Gasteiger partial charge in [-0.15, -0.1) is 0 Å². The van der Waals surface area contributed by atoms with E-state index in [1.807, 2.05) is 13.0 Å². The summed E-state index contributed by atoms with van der Waals surface area (Å²) < 4.78 is 0. The van der Waals surface area contributed by atoms with Crippen LogP contribution >= 0.6 is 0 Å². The maximum absolute atomic E-state index is 9.37. The van der Waals surface area contributed by atoms with Crippen molar-refractivity contribution in [1.82, 2.24) is 9.80 Å². The molecular weight excluding hydrogens is 236 g/mol. The van der Waals surface area contributed by atoms with Crippen molar-refractivity contribution in [3.05, 3.63) is 42.0 Å². The van der Waals surface area contributed by atoms with Crippen molar-refractivity contribution in [2.75, 3.05) is 39.3 Å². The van der Waals surface area contributed by atoms with Gasteiger partial charge in [0.25, 0.3) is 0 Å². The van der Waals surface area contributed by atoms with Crippen LogP contribution in [0.15, 0.2) is 36.4 Å². The van der Waals surface area contributed by atoms with Gasteiger partial charge in [0.05, 0.1) is 6.10 Å². The summed E-state index contributed by atoms with van der Waals surface area (Å²) in [6.07, 6.45) is 4.20. The second-order valence-electron chi connectivity index (χ2n) is 5.26. The zero-order chi connectivity index (χ0) is 13.5. The van der Waals surface area contributed by atoms with E-state index in [2.05, 4.69) is 46.2 Å². The Balaban J connectivity index is 1.70. The summed E-state index contributed by atoms with van der Waals surface area (Å²) in [5, 5.41) is 9.37. The van der Waals surface area contributed by atoms with Crippen molar-refractivity contribution in [2.45, 2.75) is 13.0 Å². The molecule has 3 heteroatoms. The lowest BCUT2D eigenvalue weighted by atomic mass is 10.2. The predicted octanol–water partition coefficient (Wildman–Crippen LogP) is 1.70. The van der Waals surface area contributed by atoms with Crippen LogP contribution in [0.5, 0.6) is 0 Å². The molecule has 0 amide bonds. The smallest absolute Gasteiger partial charge is 0.0639 e. The zero-order valence-corrected chi connectivity index (χ0v) is 11.7. The van der Waals surface area contributed by atoms with Crippen LogP contribution in [0.25, 0.3) is 6.08 Å². The van der Waals surface area contributed by atoms with E-state index in [0.29, 0.717) is 0 Å². The largest absolute Gasteiger partial charge is 0.392 e. The third-order valence-corrected chi connectivity index (χ3v) is 3.46. The summed E-state index contributed by atoms with van der Waals surface area (Å²) in [5.74, 6) is 0. The van der Waals surface area contributed by atoms with Gasteiger partial charge in [0.15, 0.2) is 0 Å². The molecular formula is C16H24N2O. The minimum Gasteiger partial charge on any atom is -0.392 e. The highest BCUT2D eigenvalue weighted by molar-refractivity contribution is 5.48. The molecule has 0 unspecified atom stereocenters. The molecule has 1 saturated heterocycles. The molecule has 0 saturated carbocycles. The Labute approximate surface area is 116 Å². The topological polar surface area (TPSA) is 26.7 Å². The molecule has 19 heavy (non-hydrogen) atoms. The molecule has 3 nitrogen and oxygen atoms in total. The lowest BCUT2D eigenvalue weighted by Crippen LogP contribution is -2.48. The Hall–Kier alpha value is -1.16. The lowest BCUT2D eigenvalue weighted by molar-refractivity contribution is 0.0852. The van der Waals surface area contributed by atoms with E-state index < -0.39 is 0 Å². The summed E-state index contributed by atoms with van der Waals surface area (Å²) in [4.78, 5) is 4.79. The first-order chi connectivity index (χ1) is 9.24. The highest BCUT2D eigenvalue weighted by atomic mass is 16.3. The number of hydrogen-bond donors (Lipinski definition) is 1. The molecule has 1 N–H and O–H groups in total. The highest BCUT2D eigenvalue weighted by Crippen LogP contribution is 2.05. The molecule has 1 aliphatic heterocycles. The minimum atomic E-state index is -0.218. The van der Waals surface area contributed by atoms with Crippen LogP contribution < -0.4 is 0 Å². The molecule has 1 atom stereocenters. The molecule has 104 valence electrons. The molecule has 0 spiro atoms. The van der Waals surface area contributed by atoms with E-state index >= 15 is 0 Å². The third-order valence-electron chi connectivity index (χ3n) is 3.46. The number of hydrogen-bond acceptors (Lipinski definition) is 3. The fraction of sp³-hybridized carbons (Fsp3) is 0.500. The molecule has 0 aromatic heterocycles. The van der Waals surface area contributed by atoms with Gasteiger partial charge >= 0.3 is 0 Å².